The van der Waals surface area contributed by atoms with E-state index in [0.29, 0.717) is 16.6 Å². The van der Waals surface area contributed by atoms with Crippen LogP contribution in [0.15, 0.2) is 42.5 Å². The van der Waals surface area contributed by atoms with Gasteiger partial charge in [0.25, 0.3) is 0 Å². The van der Waals surface area contributed by atoms with E-state index in [0.717, 1.165) is 43.6 Å². The quantitative estimate of drug-likeness (QED) is 0.729. The van der Waals surface area contributed by atoms with E-state index in [2.05, 4.69) is 9.64 Å². The van der Waals surface area contributed by atoms with Crippen molar-refractivity contribution in [1.29, 1.82) is 0 Å². The smallest absolute Gasteiger partial charge is 0.406 e. The van der Waals surface area contributed by atoms with Crippen molar-refractivity contribution in [3.63, 3.8) is 0 Å². The zero-order chi connectivity index (χ0) is 18.7. The summed E-state index contributed by atoms with van der Waals surface area (Å²) in [5, 5.41) is 0.656. The van der Waals surface area contributed by atoms with Crippen molar-refractivity contribution in [1.82, 2.24) is 0 Å². The minimum absolute atomic E-state index is 0.186. The van der Waals surface area contributed by atoms with Gasteiger partial charge in [0, 0.05) is 18.8 Å². The van der Waals surface area contributed by atoms with Gasteiger partial charge in [-0.05, 0) is 61.1 Å². The first-order valence-electron chi connectivity index (χ1n) is 8.45. The molecule has 3 rings (SSSR count). The molecular formula is C19H20ClF3N2O. The summed E-state index contributed by atoms with van der Waals surface area (Å²) < 4.78 is 40.5. The van der Waals surface area contributed by atoms with Crippen molar-refractivity contribution in [3.8, 4) is 5.75 Å². The van der Waals surface area contributed by atoms with Crippen molar-refractivity contribution < 1.29 is 17.9 Å². The van der Waals surface area contributed by atoms with Gasteiger partial charge >= 0.3 is 6.36 Å². The van der Waals surface area contributed by atoms with Crippen LogP contribution in [0.1, 0.15) is 18.4 Å². The Bertz CT molecular complexity index is 741. The van der Waals surface area contributed by atoms with Crippen LogP contribution in [0.3, 0.4) is 0 Å². The zero-order valence-corrected chi connectivity index (χ0v) is 14.9. The molecule has 0 aliphatic carbocycles. The van der Waals surface area contributed by atoms with Gasteiger partial charge in [0.1, 0.15) is 5.75 Å². The maximum atomic E-state index is 12.2. The number of hydrogen-bond donors (Lipinski definition) is 1. The molecule has 26 heavy (non-hydrogen) atoms. The summed E-state index contributed by atoms with van der Waals surface area (Å²) in [5.74, 6) is 0.308. The fourth-order valence-corrected chi connectivity index (χ4v) is 3.63. The Labute approximate surface area is 155 Å². The number of piperidine rings is 1. The van der Waals surface area contributed by atoms with Crippen molar-refractivity contribution in [3.05, 3.63) is 53.1 Å². The molecule has 140 valence electrons. The number of ether oxygens (including phenoxy) is 1. The van der Waals surface area contributed by atoms with Crippen molar-refractivity contribution in [2.75, 3.05) is 23.7 Å². The molecule has 0 aromatic heterocycles. The van der Waals surface area contributed by atoms with E-state index in [9.17, 15) is 13.2 Å². The number of hydrogen-bond acceptors (Lipinski definition) is 3. The molecule has 0 bridgehead atoms. The van der Waals surface area contributed by atoms with Crippen LogP contribution in [0.2, 0.25) is 5.02 Å². The molecular weight excluding hydrogens is 365 g/mol. The lowest BCUT2D eigenvalue weighted by Crippen LogP contribution is -2.34. The van der Waals surface area contributed by atoms with Crippen LogP contribution >= 0.6 is 11.6 Å². The first-order valence-corrected chi connectivity index (χ1v) is 8.82. The van der Waals surface area contributed by atoms with E-state index in [4.69, 9.17) is 17.3 Å². The summed E-state index contributed by atoms with van der Waals surface area (Å²) >= 11 is 6.28. The number of nitrogens with two attached hydrogens (primary N) is 1. The van der Waals surface area contributed by atoms with E-state index < -0.39 is 6.36 Å². The Hall–Kier alpha value is -2.08. The van der Waals surface area contributed by atoms with Gasteiger partial charge in [-0.1, -0.05) is 23.7 Å². The number of nitrogen functional groups attached to an aromatic ring is 1. The summed E-state index contributed by atoms with van der Waals surface area (Å²) in [4.78, 5) is 2.25. The average molecular weight is 385 g/mol. The third kappa shape index (κ3) is 4.97. The molecule has 1 aliphatic heterocycles. The third-order valence-electron chi connectivity index (χ3n) is 4.61. The number of anilines is 2. The molecule has 0 spiro atoms. The Kier molecular flexibility index (Phi) is 5.51. The monoisotopic (exact) mass is 384 g/mol. The summed E-state index contributed by atoms with van der Waals surface area (Å²) in [5.41, 5.74) is 8.39. The Morgan fingerprint density at radius 3 is 2.31 bits per heavy atom. The van der Waals surface area contributed by atoms with Crippen LogP contribution < -0.4 is 15.4 Å². The van der Waals surface area contributed by atoms with Crippen LogP contribution in [-0.4, -0.2) is 19.5 Å². The van der Waals surface area contributed by atoms with Gasteiger partial charge in [-0.3, -0.25) is 0 Å². The highest BCUT2D eigenvalue weighted by atomic mass is 35.5. The molecule has 7 heteroatoms. The second-order valence-electron chi connectivity index (χ2n) is 6.54. The van der Waals surface area contributed by atoms with Gasteiger partial charge in [0.15, 0.2) is 0 Å². The minimum atomic E-state index is -4.66. The highest BCUT2D eigenvalue weighted by molar-refractivity contribution is 6.33. The van der Waals surface area contributed by atoms with E-state index in [-0.39, 0.29) is 5.75 Å². The molecule has 1 heterocycles. The third-order valence-corrected chi connectivity index (χ3v) is 4.91. The molecule has 2 N–H and O–H groups in total. The lowest BCUT2D eigenvalue weighted by molar-refractivity contribution is -0.274. The molecule has 0 radical (unpaired) electrons. The topological polar surface area (TPSA) is 38.5 Å². The molecule has 2 aromatic carbocycles. The zero-order valence-electron chi connectivity index (χ0n) is 14.1. The van der Waals surface area contributed by atoms with Gasteiger partial charge < -0.3 is 15.4 Å². The van der Waals surface area contributed by atoms with E-state index in [1.807, 2.05) is 12.1 Å². The minimum Gasteiger partial charge on any atom is -0.406 e. The van der Waals surface area contributed by atoms with Crippen molar-refractivity contribution in [2.24, 2.45) is 5.92 Å². The molecule has 1 aliphatic rings. The first-order chi connectivity index (χ1) is 12.3. The molecule has 3 nitrogen and oxygen atoms in total. The maximum Gasteiger partial charge on any atom is 0.573 e. The van der Waals surface area contributed by atoms with E-state index in [1.54, 1.807) is 18.2 Å². The van der Waals surface area contributed by atoms with Gasteiger partial charge in [-0.25, -0.2) is 0 Å². The molecule has 0 saturated carbocycles. The van der Waals surface area contributed by atoms with Gasteiger partial charge in [0.2, 0.25) is 0 Å². The summed E-state index contributed by atoms with van der Waals surface area (Å²) in [7, 11) is 0. The standard InChI is InChI=1S/C19H20ClF3N2O/c20-17-12-15(24)3-6-18(17)25-9-7-14(8-10-25)11-13-1-4-16(5-2-13)26-19(21,22)23/h1-6,12,14H,7-11,24H2. The number of rotatable bonds is 4. The normalized spacial score (nSPS) is 15.9. The average Bonchev–Trinajstić information content (AvgIpc) is 2.56. The highest BCUT2D eigenvalue weighted by Gasteiger charge is 2.31. The van der Waals surface area contributed by atoms with Crippen LogP contribution in [0, 0.1) is 5.92 Å². The summed E-state index contributed by atoms with van der Waals surface area (Å²) in [6.07, 6.45) is -1.81. The Morgan fingerprint density at radius 2 is 1.73 bits per heavy atom. The van der Waals surface area contributed by atoms with Crippen LogP contribution in [-0.2, 0) is 6.42 Å². The second-order valence-corrected chi connectivity index (χ2v) is 6.94. The first kappa shape index (κ1) is 18.7. The van der Waals surface area contributed by atoms with Crippen LogP contribution in [0.5, 0.6) is 5.75 Å². The molecule has 0 unspecified atom stereocenters. The Morgan fingerprint density at radius 1 is 1.08 bits per heavy atom. The van der Waals surface area contributed by atoms with Crippen LogP contribution in [0.4, 0.5) is 24.5 Å². The fraction of sp³-hybridized carbons (Fsp3) is 0.368. The molecule has 1 saturated heterocycles. The predicted molar refractivity (Wildman–Crippen MR) is 97.6 cm³/mol. The van der Waals surface area contributed by atoms with E-state index in [1.165, 1.54) is 12.1 Å². The van der Waals surface area contributed by atoms with Crippen molar-refractivity contribution in [2.45, 2.75) is 25.6 Å². The molecule has 0 amide bonds. The molecule has 0 atom stereocenters. The summed E-state index contributed by atoms with van der Waals surface area (Å²) in [6, 6.07) is 11.7. The molecule has 1 fully saturated rings. The largest absolute Gasteiger partial charge is 0.573 e. The van der Waals surface area contributed by atoms with Crippen molar-refractivity contribution >= 4 is 23.0 Å². The SMILES string of the molecule is Nc1ccc(N2CCC(Cc3ccc(OC(F)(F)F)cc3)CC2)c(Cl)c1. The molecule has 2 aromatic rings. The second kappa shape index (κ2) is 7.66. The maximum absolute atomic E-state index is 12.2. The number of benzene rings is 2. The lowest BCUT2D eigenvalue weighted by Gasteiger charge is -2.34. The Balaban J connectivity index is 1.54. The van der Waals surface area contributed by atoms with Gasteiger partial charge in [0.05, 0.1) is 10.7 Å². The van der Waals surface area contributed by atoms with Crippen LogP contribution in [0.25, 0.3) is 0 Å². The van der Waals surface area contributed by atoms with Gasteiger partial charge in [-0.15, -0.1) is 13.2 Å². The van der Waals surface area contributed by atoms with E-state index >= 15 is 0 Å². The predicted octanol–water partition coefficient (Wildman–Crippen LogP) is 5.28. The number of halogens is 4. The number of nitrogens with zero attached hydrogens (tertiary/aromatic N) is 1. The van der Waals surface area contributed by atoms with Gasteiger partial charge in [-0.2, -0.15) is 0 Å². The number of alkyl halides is 3. The summed E-state index contributed by atoms with van der Waals surface area (Å²) in [6.45, 7) is 1.78. The highest BCUT2D eigenvalue weighted by Crippen LogP contribution is 2.32. The fourth-order valence-electron chi connectivity index (χ4n) is 3.32. The lowest BCUT2D eigenvalue weighted by atomic mass is 9.90.